The molecule has 3 aromatic rings. The summed E-state index contributed by atoms with van der Waals surface area (Å²) < 4.78 is 0. The molecule has 1 atom stereocenters. The first-order valence-electron chi connectivity index (χ1n) is 8.99. The molecule has 0 radical (unpaired) electrons. The van der Waals surface area contributed by atoms with Gasteiger partial charge in [-0.2, -0.15) is 0 Å². The van der Waals surface area contributed by atoms with E-state index in [4.69, 9.17) is 0 Å². The van der Waals surface area contributed by atoms with Crippen molar-refractivity contribution in [3.8, 4) is 5.75 Å². The molecular formula is C20H26N4O+4. The monoisotopic (exact) mass is 338 g/mol. The van der Waals surface area contributed by atoms with Gasteiger partial charge in [-0.05, 0) is 24.3 Å². The highest BCUT2D eigenvalue weighted by atomic mass is 16.3. The van der Waals surface area contributed by atoms with E-state index in [0.717, 1.165) is 48.3 Å². The van der Waals surface area contributed by atoms with Gasteiger partial charge in [0.05, 0.1) is 18.0 Å². The Hall–Kier alpha value is -2.50. The number of piperazine rings is 1. The van der Waals surface area contributed by atoms with Gasteiger partial charge in [-0.15, -0.1) is 0 Å². The highest BCUT2D eigenvalue weighted by molar-refractivity contribution is 5.82. The molecule has 2 aromatic heterocycles. The van der Waals surface area contributed by atoms with Crippen molar-refractivity contribution in [2.24, 2.45) is 0 Å². The number of aromatic hydroxyl groups is 1. The third-order valence-electron chi connectivity index (χ3n) is 5.35. The van der Waals surface area contributed by atoms with Gasteiger partial charge in [-0.1, -0.05) is 0 Å². The quantitative estimate of drug-likeness (QED) is 0.545. The molecule has 0 bridgehead atoms. The van der Waals surface area contributed by atoms with Gasteiger partial charge in [0, 0.05) is 18.2 Å². The van der Waals surface area contributed by atoms with Crippen LogP contribution in [0.5, 0.6) is 5.75 Å². The van der Waals surface area contributed by atoms with Crippen LogP contribution in [-0.4, -0.2) is 38.3 Å². The number of quaternary nitrogens is 2. The molecule has 1 fully saturated rings. The maximum atomic E-state index is 11.0. The first-order chi connectivity index (χ1) is 12.2. The van der Waals surface area contributed by atoms with Crippen LogP contribution in [0.25, 0.3) is 10.9 Å². The first kappa shape index (κ1) is 16.0. The third kappa shape index (κ3) is 3.08. The van der Waals surface area contributed by atoms with E-state index in [9.17, 15) is 5.11 Å². The van der Waals surface area contributed by atoms with Gasteiger partial charge >= 0.3 is 0 Å². The van der Waals surface area contributed by atoms with Crippen LogP contribution in [0.4, 0.5) is 0 Å². The van der Waals surface area contributed by atoms with Crippen LogP contribution < -0.4 is 19.8 Å². The Balaban J connectivity index is 1.82. The molecule has 1 saturated heterocycles. The van der Waals surface area contributed by atoms with Crippen LogP contribution in [0.15, 0.2) is 54.9 Å². The molecule has 1 aliphatic rings. The summed E-state index contributed by atoms with van der Waals surface area (Å²) in [4.78, 5) is 9.68. The van der Waals surface area contributed by atoms with E-state index in [-0.39, 0.29) is 6.04 Å². The molecule has 128 valence electrons. The topological polar surface area (TPSA) is 57.4 Å². The zero-order valence-electron chi connectivity index (χ0n) is 14.5. The van der Waals surface area contributed by atoms with Crippen LogP contribution in [0, 0.1) is 0 Å². The number of hydrogen-bond donors (Lipinski definition) is 3. The maximum absolute atomic E-state index is 11.0. The summed E-state index contributed by atoms with van der Waals surface area (Å²) in [6.45, 7) is 4.49. The van der Waals surface area contributed by atoms with E-state index in [1.165, 1.54) is 4.90 Å². The average Bonchev–Trinajstić information content (AvgIpc) is 2.66. The minimum absolute atomic E-state index is 0.104. The third-order valence-corrected chi connectivity index (χ3v) is 5.35. The summed E-state index contributed by atoms with van der Waals surface area (Å²) in [5.74, 6) is 0.360. The zero-order chi connectivity index (χ0) is 17.2. The second kappa shape index (κ2) is 6.78. The smallest absolute Gasteiger partial charge is 0.253 e. The van der Waals surface area contributed by atoms with Crippen LogP contribution in [0.2, 0.25) is 0 Å². The van der Waals surface area contributed by atoms with Gasteiger partial charge in [0.25, 0.3) is 5.52 Å². The van der Waals surface area contributed by atoms with Crippen LogP contribution in [0.1, 0.15) is 17.3 Å². The number of phenolic OH excluding ortho intramolecular Hbond substituents is 1. The molecular weight excluding hydrogens is 312 g/mol. The summed E-state index contributed by atoms with van der Waals surface area (Å²) in [6, 6.07) is 14.4. The Morgan fingerprint density at radius 2 is 1.72 bits per heavy atom. The number of hydrogen-bond acceptors (Lipinski definition) is 1. The fourth-order valence-electron chi connectivity index (χ4n) is 3.91. The van der Waals surface area contributed by atoms with Gasteiger partial charge in [0.15, 0.2) is 18.1 Å². The second-order valence-electron chi connectivity index (χ2n) is 7.00. The predicted molar refractivity (Wildman–Crippen MR) is 94.3 cm³/mol. The lowest BCUT2D eigenvalue weighted by atomic mass is 9.97. The molecule has 0 saturated carbocycles. The Bertz CT molecular complexity index is 860. The number of pyridine rings is 2. The Morgan fingerprint density at radius 3 is 2.48 bits per heavy atom. The molecule has 0 aliphatic carbocycles. The van der Waals surface area contributed by atoms with E-state index >= 15 is 0 Å². The van der Waals surface area contributed by atoms with Gasteiger partial charge in [0.2, 0.25) is 11.7 Å². The number of aromatic amines is 2. The highest BCUT2D eigenvalue weighted by Crippen LogP contribution is 2.30. The molecule has 5 N–H and O–H groups in total. The summed E-state index contributed by atoms with van der Waals surface area (Å²) in [5.41, 5.74) is 2.93. The number of H-pyrrole nitrogens is 2. The van der Waals surface area contributed by atoms with Crippen LogP contribution in [0.3, 0.4) is 0 Å². The SMILES string of the molecule is C[NH+]1CC[NH+](C(c2cccc[nH+]2)c2ccc3ccc[nH+]c3c2O)CC1. The van der Waals surface area contributed by atoms with Crippen molar-refractivity contribution < 1.29 is 24.9 Å². The molecule has 0 amide bonds. The second-order valence-corrected chi connectivity index (χ2v) is 7.00. The van der Waals surface area contributed by atoms with Crippen molar-refractivity contribution >= 4 is 10.9 Å². The van der Waals surface area contributed by atoms with Crippen molar-refractivity contribution in [2.45, 2.75) is 6.04 Å². The van der Waals surface area contributed by atoms with E-state index in [1.807, 2.05) is 30.6 Å². The molecule has 1 aliphatic heterocycles. The molecule has 4 rings (SSSR count). The van der Waals surface area contributed by atoms with Crippen molar-refractivity contribution in [1.29, 1.82) is 0 Å². The van der Waals surface area contributed by atoms with Gasteiger partial charge in [-0.25, -0.2) is 9.97 Å². The number of likely N-dealkylation sites (N-methyl/N-ethyl adjacent to an activating group) is 1. The standard InChI is InChI=1S/C20H22N4O/c1-23-11-13-24(14-12-23)19(17-6-2-3-9-21-17)16-8-7-15-5-4-10-22-18(15)20(16)25/h2-10,19,25H,11-14H2,1H3/p+4. The lowest BCUT2D eigenvalue weighted by Gasteiger charge is -2.31. The first-order valence-corrected chi connectivity index (χ1v) is 8.99. The number of phenols is 1. The summed E-state index contributed by atoms with van der Waals surface area (Å²) in [6.07, 6.45) is 3.83. The number of benzene rings is 1. The Labute approximate surface area is 147 Å². The largest absolute Gasteiger partial charge is 0.502 e. The van der Waals surface area contributed by atoms with Crippen molar-refractivity contribution in [2.75, 3.05) is 33.2 Å². The van der Waals surface area contributed by atoms with Crippen LogP contribution in [-0.2, 0) is 0 Å². The van der Waals surface area contributed by atoms with E-state index in [1.54, 1.807) is 4.90 Å². The maximum Gasteiger partial charge on any atom is 0.253 e. The van der Waals surface area contributed by atoms with E-state index in [2.05, 4.69) is 41.3 Å². The lowest BCUT2D eigenvalue weighted by Crippen LogP contribution is -3.27. The fraction of sp³-hybridized carbons (Fsp3) is 0.300. The van der Waals surface area contributed by atoms with Gasteiger partial charge < -0.3 is 14.9 Å². The van der Waals surface area contributed by atoms with Crippen molar-refractivity contribution in [3.05, 3.63) is 66.1 Å². The Morgan fingerprint density at radius 1 is 0.920 bits per heavy atom. The molecule has 25 heavy (non-hydrogen) atoms. The van der Waals surface area contributed by atoms with Gasteiger partial charge in [-0.3, -0.25) is 0 Å². The molecule has 1 unspecified atom stereocenters. The van der Waals surface area contributed by atoms with Crippen molar-refractivity contribution in [1.82, 2.24) is 0 Å². The lowest BCUT2D eigenvalue weighted by molar-refractivity contribution is -1.02. The zero-order valence-corrected chi connectivity index (χ0v) is 14.5. The Kier molecular flexibility index (Phi) is 4.34. The molecule has 5 nitrogen and oxygen atoms in total. The summed E-state index contributed by atoms with van der Waals surface area (Å²) >= 11 is 0. The minimum atomic E-state index is 0.104. The number of nitrogens with one attached hydrogen (secondary N) is 4. The van der Waals surface area contributed by atoms with E-state index in [0.29, 0.717) is 5.75 Å². The molecule has 0 spiro atoms. The number of rotatable bonds is 3. The van der Waals surface area contributed by atoms with Crippen molar-refractivity contribution in [3.63, 3.8) is 0 Å². The highest BCUT2D eigenvalue weighted by Gasteiger charge is 2.37. The number of fused-ring (bicyclic) bond motifs is 1. The predicted octanol–water partition coefficient (Wildman–Crippen LogP) is -1.32. The summed E-state index contributed by atoms with van der Waals surface area (Å²) in [5, 5.41) is 12.0. The van der Waals surface area contributed by atoms with E-state index < -0.39 is 0 Å². The molecule has 1 aromatic carbocycles. The summed E-state index contributed by atoms with van der Waals surface area (Å²) in [7, 11) is 2.25. The normalized spacial score (nSPS) is 22.0. The van der Waals surface area contributed by atoms with Crippen LogP contribution >= 0.6 is 0 Å². The van der Waals surface area contributed by atoms with Gasteiger partial charge in [0.1, 0.15) is 26.2 Å². The minimum Gasteiger partial charge on any atom is -0.502 e. The molecule has 5 heteroatoms. The molecule has 3 heterocycles. The average molecular weight is 338 g/mol. The fourth-order valence-corrected chi connectivity index (χ4v) is 3.91. The number of aromatic nitrogens is 2.